The summed E-state index contributed by atoms with van der Waals surface area (Å²) >= 11 is 4.95. The lowest BCUT2D eigenvalue weighted by Gasteiger charge is -2.05. The number of oxazole rings is 1. The topological polar surface area (TPSA) is 50.1 Å². The van der Waals surface area contributed by atoms with Crippen LogP contribution >= 0.6 is 12.2 Å². The Labute approximate surface area is 76.4 Å². The summed E-state index contributed by atoms with van der Waals surface area (Å²) in [6.45, 7) is 3.41. The van der Waals surface area contributed by atoms with Gasteiger partial charge in [0.2, 0.25) is 0 Å². The largest absolute Gasteiger partial charge is 0.451 e. The van der Waals surface area contributed by atoms with E-state index in [1.165, 1.54) is 6.39 Å². The minimum absolute atomic E-state index is 0.600. The van der Waals surface area contributed by atoms with Crippen LogP contribution in [0.15, 0.2) is 17.1 Å². The van der Waals surface area contributed by atoms with Gasteiger partial charge in [-0.2, -0.15) is 0 Å². The second kappa shape index (κ2) is 4.71. The molecular weight excluding hydrogens is 174 g/mol. The molecule has 0 aliphatic carbocycles. The van der Waals surface area contributed by atoms with Crippen LogP contribution < -0.4 is 10.6 Å². The molecule has 66 valence electrons. The monoisotopic (exact) mass is 185 g/mol. The molecule has 0 saturated heterocycles. The van der Waals surface area contributed by atoms with Gasteiger partial charge in [0.15, 0.2) is 11.5 Å². The molecule has 5 heteroatoms. The lowest BCUT2D eigenvalue weighted by molar-refractivity contribution is 0.556. The standard InChI is InChI=1S/C7H11N3OS/c1-2-8-7(12)9-3-6-4-11-5-10-6/h4-5H,2-3H2,1H3,(H2,8,9,12). The van der Waals surface area contributed by atoms with Crippen molar-refractivity contribution < 1.29 is 4.42 Å². The van der Waals surface area contributed by atoms with Crippen LogP contribution in [0.3, 0.4) is 0 Å². The van der Waals surface area contributed by atoms with E-state index in [1.54, 1.807) is 6.26 Å². The van der Waals surface area contributed by atoms with E-state index < -0.39 is 0 Å². The van der Waals surface area contributed by atoms with E-state index >= 15 is 0 Å². The SMILES string of the molecule is CCNC(=S)NCc1cocn1. The van der Waals surface area contributed by atoms with Gasteiger partial charge >= 0.3 is 0 Å². The first kappa shape index (κ1) is 8.99. The highest BCUT2D eigenvalue weighted by Crippen LogP contribution is 1.92. The third-order valence-corrected chi connectivity index (χ3v) is 1.54. The molecular formula is C7H11N3OS. The van der Waals surface area contributed by atoms with Gasteiger partial charge in [0.25, 0.3) is 0 Å². The minimum Gasteiger partial charge on any atom is -0.451 e. The summed E-state index contributed by atoms with van der Waals surface area (Å²) in [6.07, 6.45) is 2.98. The zero-order valence-corrected chi connectivity index (χ0v) is 7.65. The Bertz CT molecular complexity index is 235. The number of rotatable bonds is 3. The maximum atomic E-state index is 4.95. The lowest BCUT2D eigenvalue weighted by Crippen LogP contribution is -2.34. The van der Waals surface area contributed by atoms with E-state index in [-0.39, 0.29) is 0 Å². The molecule has 0 saturated carbocycles. The Balaban J connectivity index is 2.22. The fourth-order valence-electron chi connectivity index (χ4n) is 0.719. The molecule has 0 amide bonds. The molecule has 4 nitrogen and oxygen atoms in total. The predicted molar refractivity (Wildman–Crippen MR) is 49.6 cm³/mol. The van der Waals surface area contributed by atoms with E-state index in [9.17, 15) is 0 Å². The van der Waals surface area contributed by atoms with Crippen molar-refractivity contribution in [1.82, 2.24) is 15.6 Å². The van der Waals surface area contributed by atoms with Crippen molar-refractivity contribution in [3.05, 3.63) is 18.4 Å². The van der Waals surface area contributed by atoms with Gasteiger partial charge in [0.1, 0.15) is 6.26 Å². The summed E-state index contributed by atoms with van der Waals surface area (Å²) in [5.74, 6) is 0. The van der Waals surface area contributed by atoms with Crippen LogP contribution in [0.4, 0.5) is 0 Å². The summed E-state index contributed by atoms with van der Waals surface area (Å²) in [5, 5.41) is 6.59. The Hall–Kier alpha value is -1.10. The summed E-state index contributed by atoms with van der Waals surface area (Å²) < 4.78 is 4.79. The number of hydrogen-bond donors (Lipinski definition) is 2. The highest BCUT2D eigenvalue weighted by Gasteiger charge is 1.96. The van der Waals surface area contributed by atoms with E-state index in [4.69, 9.17) is 16.6 Å². The normalized spacial score (nSPS) is 9.42. The maximum Gasteiger partial charge on any atom is 0.180 e. The summed E-state index contributed by atoms with van der Waals surface area (Å²) in [4.78, 5) is 3.93. The second-order valence-electron chi connectivity index (χ2n) is 2.19. The minimum atomic E-state index is 0.600. The fraction of sp³-hybridized carbons (Fsp3) is 0.429. The molecule has 1 aromatic rings. The molecule has 0 atom stereocenters. The Kier molecular flexibility index (Phi) is 3.53. The smallest absolute Gasteiger partial charge is 0.180 e. The van der Waals surface area contributed by atoms with Crippen LogP contribution in [0.25, 0.3) is 0 Å². The summed E-state index contributed by atoms with van der Waals surface area (Å²) in [7, 11) is 0. The molecule has 0 aliphatic heterocycles. The summed E-state index contributed by atoms with van der Waals surface area (Å²) in [6, 6.07) is 0. The van der Waals surface area contributed by atoms with Crippen molar-refractivity contribution in [3.8, 4) is 0 Å². The first-order valence-electron chi connectivity index (χ1n) is 3.71. The first-order valence-corrected chi connectivity index (χ1v) is 4.12. The number of nitrogens with zero attached hydrogens (tertiary/aromatic N) is 1. The Morgan fingerprint density at radius 3 is 3.08 bits per heavy atom. The van der Waals surface area contributed by atoms with Gasteiger partial charge in [-0.05, 0) is 19.1 Å². The van der Waals surface area contributed by atoms with E-state index in [2.05, 4.69) is 15.6 Å². The maximum absolute atomic E-state index is 4.95. The molecule has 0 fully saturated rings. The van der Waals surface area contributed by atoms with Crippen LogP contribution in [-0.2, 0) is 6.54 Å². The highest BCUT2D eigenvalue weighted by atomic mass is 32.1. The average Bonchev–Trinajstić information content (AvgIpc) is 2.53. The zero-order valence-electron chi connectivity index (χ0n) is 6.83. The van der Waals surface area contributed by atoms with E-state index in [1.807, 2.05) is 6.92 Å². The van der Waals surface area contributed by atoms with Gasteiger partial charge < -0.3 is 15.1 Å². The van der Waals surface area contributed by atoms with Gasteiger partial charge in [0.05, 0.1) is 12.2 Å². The molecule has 0 aromatic carbocycles. The van der Waals surface area contributed by atoms with Crippen molar-refractivity contribution in [2.45, 2.75) is 13.5 Å². The van der Waals surface area contributed by atoms with Gasteiger partial charge in [-0.25, -0.2) is 4.98 Å². The van der Waals surface area contributed by atoms with Crippen molar-refractivity contribution in [2.24, 2.45) is 0 Å². The zero-order chi connectivity index (χ0) is 8.81. The number of hydrogen-bond acceptors (Lipinski definition) is 3. The van der Waals surface area contributed by atoms with Crippen molar-refractivity contribution >= 4 is 17.3 Å². The Morgan fingerprint density at radius 2 is 2.50 bits per heavy atom. The quantitative estimate of drug-likeness (QED) is 0.677. The molecule has 12 heavy (non-hydrogen) atoms. The van der Waals surface area contributed by atoms with E-state index in [0.29, 0.717) is 11.7 Å². The van der Waals surface area contributed by atoms with Crippen molar-refractivity contribution in [1.29, 1.82) is 0 Å². The predicted octanol–water partition coefficient (Wildman–Crippen LogP) is 0.659. The van der Waals surface area contributed by atoms with Crippen LogP contribution in [-0.4, -0.2) is 16.6 Å². The third kappa shape index (κ3) is 2.87. The van der Waals surface area contributed by atoms with Crippen LogP contribution in [0.2, 0.25) is 0 Å². The molecule has 0 spiro atoms. The van der Waals surface area contributed by atoms with Crippen LogP contribution in [0.1, 0.15) is 12.6 Å². The van der Waals surface area contributed by atoms with Gasteiger partial charge in [-0.15, -0.1) is 0 Å². The highest BCUT2D eigenvalue weighted by molar-refractivity contribution is 7.80. The van der Waals surface area contributed by atoms with Gasteiger partial charge in [-0.1, -0.05) is 0 Å². The number of aromatic nitrogens is 1. The number of thiocarbonyl (C=S) groups is 1. The van der Waals surface area contributed by atoms with E-state index in [0.717, 1.165) is 12.2 Å². The van der Waals surface area contributed by atoms with Crippen LogP contribution in [0.5, 0.6) is 0 Å². The average molecular weight is 185 g/mol. The molecule has 0 bridgehead atoms. The van der Waals surface area contributed by atoms with Crippen LogP contribution in [0, 0.1) is 0 Å². The van der Waals surface area contributed by atoms with Crippen molar-refractivity contribution in [3.63, 3.8) is 0 Å². The Morgan fingerprint density at radius 1 is 1.67 bits per heavy atom. The molecule has 0 radical (unpaired) electrons. The molecule has 2 N–H and O–H groups in total. The first-order chi connectivity index (χ1) is 5.83. The third-order valence-electron chi connectivity index (χ3n) is 1.25. The second-order valence-corrected chi connectivity index (χ2v) is 2.60. The molecule has 1 rings (SSSR count). The van der Waals surface area contributed by atoms with Crippen molar-refractivity contribution in [2.75, 3.05) is 6.54 Å². The lowest BCUT2D eigenvalue weighted by atomic mass is 10.5. The summed E-state index contributed by atoms with van der Waals surface area (Å²) in [5.41, 5.74) is 0.843. The molecule has 0 unspecified atom stereocenters. The molecule has 1 aromatic heterocycles. The van der Waals surface area contributed by atoms with Gasteiger partial charge in [0, 0.05) is 6.54 Å². The van der Waals surface area contributed by atoms with Gasteiger partial charge in [-0.3, -0.25) is 0 Å². The molecule has 1 heterocycles. The fourth-order valence-corrected chi connectivity index (χ4v) is 0.935. The molecule has 0 aliphatic rings. The number of nitrogens with one attached hydrogen (secondary N) is 2.